The highest BCUT2D eigenvalue weighted by Crippen LogP contribution is 2.24. The number of hydrogen-bond donors (Lipinski definition) is 2. The Hall–Kier alpha value is -0.230. The lowest BCUT2D eigenvalue weighted by Gasteiger charge is -2.03. The van der Waals surface area contributed by atoms with Crippen molar-refractivity contribution in [1.82, 2.24) is 0 Å². The Kier molecular flexibility index (Phi) is 3.17. The van der Waals surface area contributed by atoms with Gasteiger partial charge in [0.25, 0.3) is 0 Å². The molecule has 0 spiro atoms. The first-order chi connectivity index (χ1) is 4.34. The van der Waals surface area contributed by atoms with Crippen molar-refractivity contribution in [2.24, 2.45) is 0 Å². The van der Waals surface area contributed by atoms with Gasteiger partial charge in [-0.2, -0.15) is 13.2 Å². The first kappa shape index (κ1) is 9.77. The van der Waals surface area contributed by atoms with E-state index in [1.54, 1.807) is 0 Å². The van der Waals surface area contributed by atoms with E-state index in [2.05, 4.69) is 0 Å². The molecule has 2 N–H and O–H groups in total. The number of alkyl halides is 3. The van der Waals surface area contributed by atoms with Gasteiger partial charge in [0.2, 0.25) is 0 Å². The maximum absolute atomic E-state index is 11.4. The molecule has 0 amide bonds. The lowest BCUT2D eigenvalue weighted by Crippen LogP contribution is -2.18. The largest absolute Gasteiger partial charge is 0.439 e. The zero-order chi connectivity index (χ0) is 8.36. The van der Waals surface area contributed by atoms with Crippen LogP contribution in [-0.2, 0) is 0 Å². The predicted octanol–water partition coefficient (Wildman–Crippen LogP) is 2.43. The van der Waals surface area contributed by atoms with Crippen LogP contribution in [0.4, 0.5) is 13.2 Å². The van der Waals surface area contributed by atoms with E-state index < -0.39 is 15.7 Å². The van der Waals surface area contributed by atoms with E-state index in [0.717, 1.165) is 0 Å². The summed E-state index contributed by atoms with van der Waals surface area (Å²) in [5.41, 5.74) is 0. The molecule has 0 saturated carbocycles. The SMILES string of the molecule is N=C(Cl)SC(=N)C(F)(F)F. The summed E-state index contributed by atoms with van der Waals surface area (Å²) in [4.78, 5) is 0. The predicted molar refractivity (Wildman–Crippen MR) is 35.0 cm³/mol. The molecule has 0 aliphatic rings. The van der Waals surface area contributed by atoms with E-state index in [1.807, 2.05) is 0 Å². The zero-order valence-corrected chi connectivity index (χ0v) is 5.99. The first-order valence-corrected chi connectivity index (χ1v) is 3.11. The number of halogens is 4. The van der Waals surface area contributed by atoms with Gasteiger partial charge in [0.05, 0.1) is 0 Å². The topological polar surface area (TPSA) is 47.7 Å². The minimum Gasteiger partial charge on any atom is -0.290 e. The third kappa shape index (κ3) is 3.73. The maximum Gasteiger partial charge on any atom is 0.439 e. The smallest absolute Gasteiger partial charge is 0.290 e. The summed E-state index contributed by atoms with van der Waals surface area (Å²) < 4.78 is 33.5. The minimum absolute atomic E-state index is 0.132. The van der Waals surface area contributed by atoms with E-state index in [-0.39, 0.29) is 11.8 Å². The van der Waals surface area contributed by atoms with Gasteiger partial charge in [0.1, 0.15) is 0 Å². The van der Waals surface area contributed by atoms with Crippen LogP contribution < -0.4 is 0 Å². The second-order valence-electron chi connectivity index (χ2n) is 1.20. The quantitative estimate of drug-likeness (QED) is 0.447. The van der Waals surface area contributed by atoms with Gasteiger partial charge in [-0.15, -0.1) is 0 Å². The molecule has 0 aliphatic carbocycles. The normalized spacial score (nSPS) is 11.2. The van der Waals surface area contributed by atoms with Crippen molar-refractivity contribution >= 4 is 32.9 Å². The van der Waals surface area contributed by atoms with Crippen LogP contribution in [0, 0.1) is 10.8 Å². The van der Waals surface area contributed by atoms with Crippen LogP contribution in [-0.4, -0.2) is 15.7 Å². The lowest BCUT2D eigenvalue weighted by atomic mass is 10.7. The van der Waals surface area contributed by atoms with E-state index in [9.17, 15) is 13.2 Å². The van der Waals surface area contributed by atoms with E-state index >= 15 is 0 Å². The van der Waals surface area contributed by atoms with Crippen molar-refractivity contribution in [3.05, 3.63) is 0 Å². The zero-order valence-electron chi connectivity index (χ0n) is 4.42. The molecule has 58 valence electrons. The summed E-state index contributed by atoms with van der Waals surface area (Å²) in [6, 6.07) is 0. The monoisotopic (exact) mass is 190 g/mol. The molecule has 0 aromatic heterocycles. The van der Waals surface area contributed by atoms with Gasteiger partial charge >= 0.3 is 6.18 Å². The molecule has 0 rings (SSSR count). The average molecular weight is 191 g/mol. The van der Waals surface area contributed by atoms with E-state index in [4.69, 9.17) is 22.4 Å². The standard InChI is InChI=1S/C3H2ClF3N2S/c4-2(9)10-1(8)3(5,6)7/h8-9H. The van der Waals surface area contributed by atoms with Gasteiger partial charge in [-0.05, 0) is 11.8 Å². The first-order valence-electron chi connectivity index (χ1n) is 1.91. The van der Waals surface area contributed by atoms with Crippen molar-refractivity contribution in [3.8, 4) is 0 Å². The van der Waals surface area contributed by atoms with Crippen LogP contribution in [0.3, 0.4) is 0 Å². The van der Waals surface area contributed by atoms with Gasteiger partial charge in [0, 0.05) is 0 Å². The molecule has 2 nitrogen and oxygen atoms in total. The highest BCUT2D eigenvalue weighted by Gasteiger charge is 2.35. The van der Waals surface area contributed by atoms with Crippen molar-refractivity contribution in [2.45, 2.75) is 6.18 Å². The van der Waals surface area contributed by atoms with Gasteiger partial charge in [-0.1, -0.05) is 11.6 Å². The number of hydrogen-bond acceptors (Lipinski definition) is 3. The van der Waals surface area contributed by atoms with Crippen LogP contribution >= 0.6 is 23.4 Å². The van der Waals surface area contributed by atoms with Gasteiger partial charge in [-0.3, -0.25) is 10.8 Å². The Morgan fingerprint density at radius 1 is 1.30 bits per heavy atom. The Morgan fingerprint density at radius 2 is 1.70 bits per heavy atom. The fraction of sp³-hybridized carbons (Fsp3) is 0.333. The Labute approximate surface area is 63.8 Å². The molecule has 0 saturated heterocycles. The summed E-state index contributed by atoms with van der Waals surface area (Å²) in [5.74, 6) is 0. The van der Waals surface area contributed by atoms with Gasteiger partial charge in [-0.25, -0.2) is 0 Å². The third-order valence-corrected chi connectivity index (χ3v) is 1.30. The maximum atomic E-state index is 11.4. The number of rotatable bonds is 0. The molecule has 0 fully saturated rings. The molecule has 0 radical (unpaired) electrons. The summed E-state index contributed by atoms with van der Waals surface area (Å²) in [7, 11) is 0. The molecule has 0 heterocycles. The second kappa shape index (κ2) is 3.25. The van der Waals surface area contributed by atoms with E-state index in [0.29, 0.717) is 0 Å². The van der Waals surface area contributed by atoms with Crippen LogP contribution in [0.25, 0.3) is 0 Å². The van der Waals surface area contributed by atoms with Crippen LogP contribution in [0.1, 0.15) is 0 Å². The van der Waals surface area contributed by atoms with Crippen molar-refractivity contribution in [3.63, 3.8) is 0 Å². The molecular formula is C3H2ClF3N2S. The molecule has 0 bridgehead atoms. The molecule has 0 aromatic rings. The second-order valence-corrected chi connectivity index (χ2v) is 2.83. The average Bonchev–Trinajstić information content (AvgIpc) is 1.60. The Morgan fingerprint density at radius 3 is 1.80 bits per heavy atom. The Bertz CT molecular complexity index is 166. The minimum atomic E-state index is -4.69. The van der Waals surface area contributed by atoms with Crippen LogP contribution in [0.2, 0.25) is 0 Å². The van der Waals surface area contributed by atoms with Crippen LogP contribution in [0.15, 0.2) is 0 Å². The summed E-state index contributed by atoms with van der Waals surface area (Å²) in [6.45, 7) is 0. The molecular weight excluding hydrogens is 189 g/mol. The van der Waals surface area contributed by atoms with Gasteiger partial charge in [0.15, 0.2) is 9.55 Å². The number of thioether (sulfide) groups is 1. The fourth-order valence-electron chi connectivity index (χ4n) is 0.147. The van der Waals surface area contributed by atoms with Crippen molar-refractivity contribution in [1.29, 1.82) is 10.8 Å². The highest BCUT2D eigenvalue weighted by molar-refractivity contribution is 8.28. The molecule has 0 unspecified atom stereocenters. The third-order valence-electron chi connectivity index (χ3n) is 0.449. The molecule has 0 aromatic carbocycles. The molecule has 7 heteroatoms. The summed E-state index contributed by atoms with van der Waals surface area (Å²) in [5, 5.41) is 11.1. The fourth-order valence-corrected chi connectivity index (χ4v) is 0.674. The molecule has 0 aliphatic heterocycles. The molecule has 10 heavy (non-hydrogen) atoms. The van der Waals surface area contributed by atoms with Crippen molar-refractivity contribution < 1.29 is 13.2 Å². The highest BCUT2D eigenvalue weighted by atomic mass is 35.5. The van der Waals surface area contributed by atoms with Gasteiger partial charge < -0.3 is 0 Å². The van der Waals surface area contributed by atoms with E-state index in [1.165, 1.54) is 0 Å². The lowest BCUT2D eigenvalue weighted by molar-refractivity contribution is -0.0560. The summed E-state index contributed by atoms with van der Waals surface area (Å²) >= 11 is 4.65. The number of nitrogens with one attached hydrogen (secondary N) is 2. The Balaban J connectivity index is 3.99. The van der Waals surface area contributed by atoms with Crippen molar-refractivity contribution in [2.75, 3.05) is 0 Å². The summed E-state index contributed by atoms with van der Waals surface area (Å²) in [6.07, 6.45) is -4.69. The van der Waals surface area contributed by atoms with Crippen LogP contribution in [0.5, 0.6) is 0 Å². The molecule has 0 atom stereocenters.